The highest BCUT2D eigenvalue weighted by Gasteiger charge is 2.31. The van der Waals surface area contributed by atoms with E-state index in [1.165, 1.54) is 16.4 Å². The summed E-state index contributed by atoms with van der Waals surface area (Å²) in [4.78, 5) is 41.0. The number of piperazine rings is 1. The Labute approximate surface area is 319 Å². The number of hydrogen-bond acceptors (Lipinski definition) is 9. The quantitative estimate of drug-likeness (QED) is 0.122. The molecule has 14 nitrogen and oxygen atoms in total. The summed E-state index contributed by atoms with van der Waals surface area (Å²) < 4.78 is 34.5. The number of alkyl carbamates (subject to hydrolysis) is 1. The Bertz CT molecular complexity index is 2310. The molecule has 1 saturated heterocycles. The molecule has 1 aliphatic heterocycles. The highest BCUT2D eigenvalue weighted by atomic mass is 32.2. The zero-order valence-electron chi connectivity index (χ0n) is 30.5. The zero-order chi connectivity index (χ0) is 38.7. The van der Waals surface area contributed by atoms with Crippen LogP contribution >= 0.6 is 0 Å². The van der Waals surface area contributed by atoms with Gasteiger partial charge in [0.15, 0.2) is 5.69 Å². The van der Waals surface area contributed by atoms with E-state index in [0.29, 0.717) is 37.6 Å². The van der Waals surface area contributed by atoms with Crippen LogP contribution in [0.3, 0.4) is 0 Å². The Hall–Kier alpha value is -6.06. The van der Waals surface area contributed by atoms with E-state index < -0.39 is 21.0 Å². The van der Waals surface area contributed by atoms with E-state index in [4.69, 9.17) is 4.74 Å². The standard InChI is InChI=1S/C40H41N7O7S/c1-3-45(4-2)55(52,53)30-16-17-37(38(25-30)47(50)51)43-20-22-44(23-21-43)39(48)36-18-19-46(42-36)29-11-9-10-28(24-29)26-41-40(49)54-27-35-33-14-7-5-12-31(33)32-13-6-8-15-34(32)35/h5-19,24-25,35H,3-4,20-23,26-27H2,1-2H3,(H,41,49). The molecule has 0 saturated carbocycles. The van der Waals surface area contributed by atoms with Gasteiger partial charge in [-0.15, -0.1) is 0 Å². The fourth-order valence-corrected chi connectivity index (χ4v) is 8.80. The Balaban J connectivity index is 0.940. The normalized spacial score (nSPS) is 14.1. The maximum atomic E-state index is 13.5. The van der Waals surface area contributed by atoms with Crippen LogP contribution in [0.4, 0.5) is 16.2 Å². The molecule has 2 amide bonds. The van der Waals surface area contributed by atoms with Gasteiger partial charge in [-0.05, 0) is 58.1 Å². The molecular weight excluding hydrogens is 723 g/mol. The minimum absolute atomic E-state index is 0.0355. The molecule has 2 heterocycles. The van der Waals surface area contributed by atoms with Crippen molar-refractivity contribution < 1.29 is 27.7 Å². The van der Waals surface area contributed by atoms with Crippen molar-refractivity contribution in [2.75, 3.05) is 50.8 Å². The number of hydrogen-bond donors (Lipinski definition) is 1. The van der Waals surface area contributed by atoms with E-state index in [9.17, 15) is 28.1 Å². The van der Waals surface area contributed by atoms with Gasteiger partial charge in [0.05, 0.1) is 15.5 Å². The second kappa shape index (κ2) is 15.7. The second-order valence-electron chi connectivity index (χ2n) is 13.3. The van der Waals surface area contributed by atoms with E-state index >= 15 is 0 Å². The first kappa shape index (κ1) is 37.3. The third-order valence-corrected chi connectivity index (χ3v) is 12.2. The SMILES string of the molecule is CCN(CC)S(=O)(=O)c1ccc(N2CCN(C(=O)c3ccn(-c4cccc(CNC(=O)OCC5c6ccccc6-c6ccccc65)c4)n3)CC2)c([N+](=O)[O-])c1. The van der Waals surface area contributed by atoms with Crippen molar-refractivity contribution in [2.24, 2.45) is 0 Å². The maximum absolute atomic E-state index is 13.5. The van der Waals surface area contributed by atoms with Crippen LogP contribution in [0.5, 0.6) is 0 Å². The lowest BCUT2D eigenvalue weighted by molar-refractivity contribution is -0.384. The van der Waals surface area contributed by atoms with Gasteiger partial charge in [-0.1, -0.05) is 74.5 Å². The average Bonchev–Trinajstić information content (AvgIpc) is 3.83. The van der Waals surface area contributed by atoms with Crippen molar-refractivity contribution in [1.29, 1.82) is 0 Å². The smallest absolute Gasteiger partial charge is 0.407 e. The van der Waals surface area contributed by atoms with Crippen LogP contribution in [0.2, 0.25) is 0 Å². The molecule has 2 aliphatic rings. The first-order valence-corrected chi connectivity index (χ1v) is 19.6. The molecular formula is C40H41N7O7S. The van der Waals surface area contributed by atoms with Crippen molar-refractivity contribution in [3.63, 3.8) is 0 Å². The highest BCUT2D eigenvalue weighted by molar-refractivity contribution is 7.89. The van der Waals surface area contributed by atoms with Crippen molar-refractivity contribution in [3.05, 3.63) is 136 Å². The molecule has 1 aromatic heterocycles. The van der Waals surface area contributed by atoms with Gasteiger partial charge in [0.25, 0.3) is 11.6 Å². The molecule has 0 radical (unpaired) electrons. The minimum Gasteiger partial charge on any atom is -0.449 e. The van der Waals surface area contributed by atoms with Gasteiger partial charge >= 0.3 is 6.09 Å². The summed E-state index contributed by atoms with van der Waals surface area (Å²) in [5.74, 6) is -0.312. The molecule has 15 heteroatoms. The van der Waals surface area contributed by atoms with E-state index in [1.807, 2.05) is 48.5 Å². The van der Waals surface area contributed by atoms with E-state index in [2.05, 4.69) is 34.7 Å². The van der Waals surface area contributed by atoms with Crippen LogP contribution in [0, 0.1) is 10.1 Å². The van der Waals surface area contributed by atoms with Gasteiger partial charge in [0, 0.05) is 64.0 Å². The Morgan fingerprint density at radius 2 is 1.56 bits per heavy atom. The number of fused-ring (bicyclic) bond motifs is 3. The average molecular weight is 764 g/mol. The Morgan fingerprint density at radius 3 is 2.22 bits per heavy atom. The monoisotopic (exact) mass is 763 g/mol. The predicted molar refractivity (Wildman–Crippen MR) is 207 cm³/mol. The molecule has 0 spiro atoms. The molecule has 7 rings (SSSR count). The molecule has 1 N–H and O–H groups in total. The molecule has 0 unspecified atom stereocenters. The lowest BCUT2D eigenvalue weighted by Gasteiger charge is -2.35. The molecule has 0 atom stereocenters. The molecule has 284 valence electrons. The Morgan fingerprint density at radius 1 is 0.891 bits per heavy atom. The lowest BCUT2D eigenvalue weighted by atomic mass is 9.98. The number of carbonyl (C=O) groups is 2. The number of nitrogens with zero attached hydrogens (tertiary/aromatic N) is 6. The van der Waals surface area contributed by atoms with Gasteiger partial charge in [-0.25, -0.2) is 17.9 Å². The van der Waals surface area contributed by atoms with Gasteiger partial charge in [0.1, 0.15) is 12.3 Å². The summed E-state index contributed by atoms with van der Waals surface area (Å²) in [5, 5.41) is 19.4. The lowest BCUT2D eigenvalue weighted by Crippen LogP contribution is -2.49. The van der Waals surface area contributed by atoms with E-state index in [0.717, 1.165) is 33.9 Å². The van der Waals surface area contributed by atoms with Crippen LogP contribution in [0.1, 0.15) is 46.9 Å². The summed E-state index contributed by atoms with van der Waals surface area (Å²) in [6, 6.07) is 29.4. The van der Waals surface area contributed by atoms with Crippen LogP contribution < -0.4 is 10.2 Å². The third-order valence-electron chi connectivity index (χ3n) is 10.2. The van der Waals surface area contributed by atoms with Crippen LogP contribution in [0.15, 0.2) is 108 Å². The van der Waals surface area contributed by atoms with Gasteiger partial charge < -0.3 is 19.9 Å². The summed E-state index contributed by atoms with van der Waals surface area (Å²) in [7, 11) is -3.88. The topological polar surface area (TPSA) is 160 Å². The van der Waals surface area contributed by atoms with E-state index in [1.54, 1.807) is 40.6 Å². The molecule has 1 fully saturated rings. The summed E-state index contributed by atoms with van der Waals surface area (Å²) >= 11 is 0. The maximum Gasteiger partial charge on any atom is 0.407 e. The highest BCUT2D eigenvalue weighted by Crippen LogP contribution is 2.44. The minimum atomic E-state index is -3.88. The van der Waals surface area contributed by atoms with Crippen molar-refractivity contribution >= 4 is 33.4 Å². The zero-order valence-corrected chi connectivity index (χ0v) is 31.3. The third kappa shape index (κ3) is 7.53. The molecule has 4 aromatic carbocycles. The number of nitro benzene ring substituents is 1. The molecule has 0 bridgehead atoms. The first-order valence-electron chi connectivity index (χ1n) is 18.2. The molecule has 1 aliphatic carbocycles. The number of ether oxygens (including phenoxy) is 1. The fraction of sp³-hybridized carbons (Fsp3) is 0.275. The van der Waals surface area contributed by atoms with Crippen LogP contribution in [0.25, 0.3) is 16.8 Å². The number of anilines is 1. The second-order valence-corrected chi connectivity index (χ2v) is 15.2. The number of rotatable bonds is 12. The first-order chi connectivity index (χ1) is 26.6. The van der Waals surface area contributed by atoms with E-state index in [-0.39, 0.29) is 54.3 Å². The number of benzene rings is 4. The van der Waals surface area contributed by atoms with Gasteiger partial charge in [0.2, 0.25) is 10.0 Å². The Kier molecular flexibility index (Phi) is 10.7. The number of nitro groups is 1. The predicted octanol–water partition coefficient (Wildman–Crippen LogP) is 5.81. The van der Waals surface area contributed by atoms with Crippen LogP contribution in [-0.4, -0.2) is 90.2 Å². The van der Waals surface area contributed by atoms with Gasteiger partial charge in [-0.2, -0.15) is 9.40 Å². The van der Waals surface area contributed by atoms with Gasteiger partial charge in [-0.3, -0.25) is 14.9 Å². The number of nitrogens with one attached hydrogen (secondary N) is 1. The van der Waals surface area contributed by atoms with Crippen molar-refractivity contribution in [3.8, 4) is 16.8 Å². The van der Waals surface area contributed by atoms with Crippen molar-refractivity contribution in [2.45, 2.75) is 31.2 Å². The summed E-state index contributed by atoms with van der Waals surface area (Å²) in [6.45, 7) is 5.58. The number of amides is 2. The fourth-order valence-electron chi connectivity index (χ4n) is 7.32. The van der Waals surface area contributed by atoms with Crippen LogP contribution in [-0.2, 0) is 21.3 Å². The van der Waals surface area contributed by atoms with Crippen molar-refractivity contribution in [1.82, 2.24) is 24.3 Å². The number of sulfonamides is 1. The number of aromatic nitrogens is 2. The molecule has 55 heavy (non-hydrogen) atoms. The summed E-state index contributed by atoms with van der Waals surface area (Å²) in [6.07, 6.45) is 1.17. The number of carbonyl (C=O) groups excluding carboxylic acids is 2. The largest absolute Gasteiger partial charge is 0.449 e. The summed E-state index contributed by atoms with van der Waals surface area (Å²) in [5.41, 5.74) is 6.37. The molecule has 5 aromatic rings.